The van der Waals surface area contributed by atoms with Crippen LogP contribution >= 0.6 is 15.9 Å². The molecule has 23 heavy (non-hydrogen) atoms. The zero-order chi connectivity index (χ0) is 17.0. The van der Waals surface area contributed by atoms with Gasteiger partial charge < -0.3 is 10.2 Å². The molecule has 1 aromatic heterocycles. The molecule has 0 aliphatic carbocycles. The Morgan fingerprint density at radius 1 is 1.30 bits per heavy atom. The zero-order valence-electron chi connectivity index (χ0n) is 14.0. The Labute approximate surface area is 146 Å². The summed E-state index contributed by atoms with van der Waals surface area (Å²) in [5.74, 6) is 0.0240. The van der Waals surface area contributed by atoms with Crippen LogP contribution in [0.15, 0.2) is 35.1 Å². The van der Waals surface area contributed by atoms with E-state index in [0.717, 1.165) is 33.3 Å². The first-order valence-corrected chi connectivity index (χ1v) is 8.32. The molecular formula is C18H22BrN3O. The van der Waals surface area contributed by atoms with E-state index in [1.54, 1.807) is 17.3 Å². The summed E-state index contributed by atoms with van der Waals surface area (Å²) in [7, 11) is 3.75. The third-order valence-electron chi connectivity index (χ3n) is 3.91. The Morgan fingerprint density at radius 3 is 2.52 bits per heavy atom. The molecule has 0 saturated heterocycles. The van der Waals surface area contributed by atoms with Crippen LogP contribution in [0.25, 0.3) is 0 Å². The summed E-state index contributed by atoms with van der Waals surface area (Å²) in [5.41, 5.74) is 5.30. The molecule has 2 rings (SSSR count). The van der Waals surface area contributed by atoms with Crippen LogP contribution in [0.4, 0.5) is 0 Å². The number of rotatable bonds is 5. The highest BCUT2D eigenvalue weighted by Crippen LogP contribution is 2.20. The molecule has 0 spiro atoms. The second-order valence-corrected chi connectivity index (χ2v) is 6.60. The smallest absolute Gasteiger partial charge is 0.253 e. The lowest BCUT2D eigenvalue weighted by atomic mass is 9.98. The van der Waals surface area contributed by atoms with Crippen molar-refractivity contribution in [3.63, 3.8) is 0 Å². The molecule has 0 bridgehead atoms. The maximum Gasteiger partial charge on any atom is 0.253 e. The number of hydrogen-bond donors (Lipinski definition) is 1. The average Bonchev–Trinajstić information content (AvgIpc) is 2.52. The number of halogens is 1. The molecule has 1 N–H and O–H groups in total. The summed E-state index contributed by atoms with van der Waals surface area (Å²) >= 11 is 3.47. The second kappa shape index (κ2) is 7.70. The van der Waals surface area contributed by atoms with Gasteiger partial charge in [0.1, 0.15) is 0 Å². The molecule has 0 aliphatic heterocycles. The molecular weight excluding hydrogens is 354 g/mol. The van der Waals surface area contributed by atoms with Crippen molar-refractivity contribution in [3.05, 3.63) is 62.9 Å². The number of nitrogens with one attached hydrogen (secondary N) is 1. The summed E-state index contributed by atoms with van der Waals surface area (Å²) in [6.45, 7) is 5.45. The van der Waals surface area contributed by atoms with Crippen LogP contribution in [-0.2, 0) is 13.1 Å². The highest BCUT2D eigenvalue weighted by atomic mass is 79.9. The van der Waals surface area contributed by atoms with E-state index in [2.05, 4.69) is 40.1 Å². The van der Waals surface area contributed by atoms with Gasteiger partial charge in [-0.15, -0.1) is 0 Å². The highest BCUT2D eigenvalue weighted by molar-refractivity contribution is 9.10. The van der Waals surface area contributed by atoms with Gasteiger partial charge in [0.05, 0.1) is 0 Å². The van der Waals surface area contributed by atoms with Crippen molar-refractivity contribution in [1.29, 1.82) is 0 Å². The van der Waals surface area contributed by atoms with Gasteiger partial charge in [0, 0.05) is 42.6 Å². The Bertz CT molecular complexity index is 692. The molecule has 5 heteroatoms. The van der Waals surface area contributed by atoms with E-state index in [1.165, 1.54) is 5.56 Å². The van der Waals surface area contributed by atoms with Gasteiger partial charge in [-0.05, 0) is 77.3 Å². The Morgan fingerprint density at radius 2 is 1.96 bits per heavy atom. The van der Waals surface area contributed by atoms with E-state index < -0.39 is 0 Å². The van der Waals surface area contributed by atoms with E-state index in [-0.39, 0.29) is 5.91 Å². The van der Waals surface area contributed by atoms with Crippen molar-refractivity contribution < 1.29 is 4.79 Å². The molecule has 122 valence electrons. The monoisotopic (exact) mass is 375 g/mol. The third-order valence-corrected chi connectivity index (χ3v) is 4.62. The Hall–Kier alpha value is -1.72. The van der Waals surface area contributed by atoms with Crippen LogP contribution in [0.1, 0.15) is 32.6 Å². The molecule has 0 radical (unpaired) electrons. The number of nitrogens with zero attached hydrogens (tertiary/aromatic N) is 2. The number of benzene rings is 1. The van der Waals surface area contributed by atoms with Crippen LogP contribution in [0, 0.1) is 13.8 Å². The maximum absolute atomic E-state index is 12.7. The largest absolute Gasteiger partial charge is 0.337 e. The maximum atomic E-state index is 12.7. The third kappa shape index (κ3) is 4.18. The fourth-order valence-electron chi connectivity index (χ4n) is 2.65. The fraction of sp³-hybridized carbons (Fsp3) is 0.333. The van der Waals surface area contributed by atoms with Crippen LogP contribution in [0.2, 0.25) is 0 Å². The van der Waals surface area contributed by atoms with E-state index in [0.29, 0.717) is 6.54 Å². The zero-order valence-corrected chi connectivity index (χ0v) is 15.6. The molecule has 1 heterocycles. The minimum Gasteiger partial charge on any atom is -0.337 e. The lowest BCUT2D eigenvalue weighted by Crippen LogP contribution is -2.26. The first kappa shape index (κ1) is 17.6. The van der Waals surface area contributed by atoms with Crippen molar-refractivity contribution >= 4 is 21.8 Å². The van der Waals surface area contributed by atoms with Gasteiger partial charge in [0.2, 0.25) is 0 Å². The van der Waals surface area contributed by atoms with Gasteiger partial charge in [0.15, 0.2) is 0 Å². The first-order chi connectivity index (χ1) is 10.9. The van der Waals surface area contributed by atoms with Crippen molar-refractivity contribution in [1.82, 2.24) is 15.2 Å². The van der Waals surface area contributed by atoms with Crippen molar-refractivity contribution in [2.45, 2.75) is 26.9 Å². The molecule has 0 saturated carbocycles. The van der Waals surface area contributed by atoms with Gasteiger partial charge in [0.25, 0.3) is 5.91 Å². The van der Waals surface area contributed by atoms with E-state index >= 15 is 0 Å². The van der Waals surface area contributed by atoms with E-state index in [4.69, 9.17) is 0 Å². The number of carbonyl (C=O) groups is 1. The van der Waals surface area contributed by atoms with Crippen molar-refractivity contribution in [2.75, 3.05) is 14.1 Å². The predicted molar refractivity (Wildman–Crippen MR) is 96.4 cm³/mol. The molecule has 0 unspecified atom stereocenters. The van der Waals surface area contributed by atoms with Gasteiger partial charge >= 0.3 is 0 Å². The van der Waals surface area contributed by atoms with Crippen molar-refractivity contribution in [3.8, 4) is 0 Å². The summed E-state index contributed by atoms with van der Waals surface area (Å²) < 4.78 is 0.913. The lowest BCUT2D eigenvalue weighted by Gasteiger charge is -2.19. The summed E-state index contributed by atoms with van der Waals surface area (Å²) in [6, 6.07) is 5.86. The average molecular weight is 376 g/mol. The molecule has 0 aliphatic rings. The number of hydrogen-bond acceptors (Lipinski definition) is 3. The number of carbonyl (C=O) groups excluding carboxylic acids is 1. The predicted octanol–water partition coefficient (Wildman–Crippen LogP) is 3.45. The second-order valence-electron chi connectivity index (χ2n) is 5.75. The highest BCUT2D eigenvalue weighted by Gasteiger charge is 2.15. The minimum atomic E-state index is 0.0240. The number of amides is 1. The molecule has 2 aromatic rings. The topological polar surface area (TPSA) is 45.2 Å². The molecule has 0 atom stereocenters. The molecule has 4 nitrogen and oxygen atoms in total. The fourth-order valence-corrected chi connectivity index (χ4v) is 3.03. The lowest BCUT2D eigenvalue weighted by molar-refractivity contribution is 0.0784. The summed E-state index contributed by atoms with van der Waals surface area (Å²) in [4.78, 5) is 18.5. The number of aromatic nitrogens is 1. The van der Waals surface area contributed by atoms with Gasteiger partial charge in [-0.3, -0.25) is 9.78 Å². The quantitative estimate of drug-likeness (QED) is 0.870. The molecule has 0 fully saturated rings. The van der Waals surface area contributed by atoms with Gasteiger partial charge in [-0.25, -0.2) is 0 Å². The van der Waals surface area contributed by atoms with E-state index in [9.17, 15) is 4.79 Å². The van der Waals surface area contributed by atoms with Crippen LogP contribution in [0.5, 0.6) is 0 Å². The standard InChI is InChI=1S/C18H22BrN3O/c1-12-7-15(8-13(2)16(12)9-20-3)18(23)22(4)11-14-5-6-21-10-17(14)19/h5-8,10,20H,9,11H2,1-4H3. The summed E-state index contributed by atoms with van der Waals surface area (Å²) in [6.07, 6.45) is 3.48. The van der Waals surface area contributed by atoms with Crippen molar-refractivity contribution in [2.24, 2.45) is 0 Å². The first-order valence-electron chi connectivity index (χ1n) is 7.52. The van der Waals surface area contributed by atoms with Crippen LogP contribution < -0.4 is 5.32 Å². The SMILES string of the molecule is CNCc1c(C)cc(C(=O)N(C)Cc2ccncc2Br)cc1C. The minimum absolute atomic E-state index is 0.0240. The number of aryl methyl sites for hydroxylation is 2. The summed E-state index contributed by atoms with van der Waals surface area (Å²) in [5, 5.41) is 3.17. The van der Waals surface area contributed by atoms with Gasteiger partial charge in [-0.1, -0.05) is 0 Å². The Kier molecular flexibility index (Phi) is 5.91. The number of pyridine rings is 1. The molecule has 1 amide bonds. The Balaban J connectivity index is 2.21. The van der Waals surface area contributed by atoms with E-state index in [1.807, 2.05) is 32.3 Å². The normalized spacial score (nSPS) is 10.7. The van der Waals surface area contributed by atoms with Crippen LogP contribution in [-0.4, -0.2) is 29.9 Å². The van der Waals surface area contributed by atoms with Gasteiger partial charge in [-0.2, -0.15) is 0 Å². The van der Waals surface area contributed by atoms with Crippen LogP contribution in [0.3, 0.4) is 0 Å². The molecule has 1 aromatic carbocycles.